The number of thioether (sulfide) groups is 1. The van der Waals surface area contributed by atoms with Gasteiger partial charge in [0.1, 0.15) is 0 Å². The van der Waals surface area contributed by atoms with Gasteiger partial charge < -0.3 is 0 Å². The number of benzene rings is 4. The van der Waals surface area contributed by atoms with Gasteiger partial charge in [-0.1, -0.05) is 0 Å². The zero-order chi connectivity index (χ0) is 23.4. The van der Waals surface area contributed by atoms with E-state index in [4.69, 9.17) is 34.8 Å². The quantitative estimate of drug-likeness (QED) is 0.185. The standard InChI is InChI=1S/C29H24Cl3PS/c30-22-10-8-21(9-11-22)29-28(34-29)7-4-20-33(29,25-5-2-1-3-6-25,26-16-12-23(31)13-17-26)27-18-14-24(32)15-19-27/h1-3,5-6,8-19,28H,4,7,20H2. The first-order valence-electron chi connectivity index (χ1n) is 11.5. The third kappa shape index (κ3) is 2.92. The van der Waals surface area contributed by atoms with Crippen LogP contribution in [0, 0.1) is 0 Å². The molecule has 0 aromatic heterocycles. The summed E-state index contributed by atoms with van der Waals surface area (Å²) in [4.78, 5) is 0. The van der Waals surface area contributed by atoms with E-state index in [1.807, 2.05) is 0 Å². The van der Waals surface area contributed by atoms with E-state index in [-0.39, 0.29) is 4.49 Å². The van der Waals surface area contributed by atoms with E-state index < -0.39 is 6.60 Å². The molecule has 0 radical (unpaired) electrons. The molecule has 0 N–H and O–H groups in total. The summed E-state index contributed by atoms with van der Waals surface area (Å²) >= 11 is 21.4. The van der Waals surface area contributed by atoms with Gasteiger partial charge in [-0.15, -0.1) is 0 Å². The van der Waals surface area contributed by atoms with Crippen LogP contribution >= 0.6 is 53.2 Å². The fraction of sp³-hybridized carbons (Fsp3) is 0.172. The number of halogens is 3. The van der Waals surface area contributed by atoms with Gasteiger partial charge in [0.05, 0.1) is 0 Å². The van der Waals surface area contributed by atoms with E-state index in [0.29, 0.717) is 5.25 Å². The van der Waals surface area contributed by atoms with E-state index in [9.17, 15) is 0 Å². The first kappa shape index (κ1) is 23.0. The molecule has 2 aliphatic heterocycles. The third-order valence-electron chi connectivity index (χ3n) is 7.88. The van der Waals surface area contributed by atoms with Crippen molar-refractivity contribution in [2.45, 2.75) is 22.6 Å². The van der Waals surface area contributed by atoms with Crippen LogP contribution in [0.2, 0.25) is 15.1 Å². The molecule has 6 rings (SSSR count). The summed E-state index contributed by atoms with van der Waals surface area (Å²) in [5.74, 6) is 0. The van der Waals surface area contributed by atoms with Crippen molar-refractivity contribution in [2.75, 3.05) is 6.16 Å². The molecule has 2 aliphatic rings. The zero-order valence-corrected chi connectivity index (χ0v) is 22.5. The molecule has 2 fully saturated rings. The molecule has 34 heavy (non-hydrogen) atoms. The summed E-state index contributed by atoms with van der Waals surface area (Å²) in [6.45, 7) is -3.08. The average molecular weight is 542 g/mol. The van der Waals surface area contributed by atoms with Crippen molar-refractivity contribution >= 4 is 69.1 Å². The Hall–Kier alpha value is -1.47. The molecule has 0 aliphatic carbocycles. The van der Waals surface area contributed by atoms with Gasteiger partial charge in [0.25, 0.3) is 0 Å². The van der Waals surface area contributed by atoms with Crippen molar-refractivity contribution in [1.29, 1.82) is 0 Å². The Morgan fingerprint density at radius 2 is 1.09 bits per heavy atom. The Labute approximate surface area is 220 Å². The Morgan fingerprint density at radius 1 is 0.618 bits per heavy atom. The van der Waals surface area contributed by atoms with Crippen LogP contribution in [0.4, 0.5) is 0 Å². The Morgan fingerprint density at radius 3 is 1.62 bits per heavy atom. The minimum absolute atomic E-state index is 0.0581. The fourth-order valence-corrected chi connectivity index (χ4v) is 19.2. The summed E-state index contributed by atoms with van der Waals surface area (Å²) < 4.78 is -0.0581. The van der Waals surface area contributed by atoms with E-state index in [2.05, 4.69) is 115 Å². The van der Waals surface area contributed by atoms with E-state index >= 15 is 0 Å². The van der Waals surface area contributed by atoms with E-state index in [1.54, 1.807) is 0 Å². The number of hydrogen-bond acceptors (Lipinski definition) is 1. The predicted molar refractivity (Wildman–Crippen MR) is 154 cm³/mol. The molecule has 0 saturated carbocycles. The Bertz CT molecular complexity index is 1290. The normalized spacial score (nSPS) is 25.5. The SMILES string of the molecule is Clc1ccc(C23SC2CCCP3(c2ccccc2)(c2ccc(Cl)cc2)c2ccc(Cl)cc2)cc1. The van der Waals surface area contributed by atoms with Crippen LogP contribution in [0.1, 0.15) is 18.4 Å². The Kier molecular flexibility index (Phi) is 5.60. The molecule has 0 nitrogen and oxygen atoms in total. The molecule has 4 aromatic rings. The van der Waals surface area contributed by atoms with Crippen LogP contribution in [0.3, 0.4) is 0 Å². The van der Waals surface area contributed by atoms with Crippen molar-refractivity contribution in [3.8, 4) is 0 Å². The molecule has 4 aromatic carbocycles. The summed E-state index contributed by atoms with van der Waals surface area (Å²) in [6.07, 6.45) is 3.52. The van der Waals surface area contributed by atoms with Gasteiger partial charge in [0.15, 0.2) is 0 Å². The van der Waals surface area contributed by atoms with Crippen molar-refractivity contribution in [1.82, 2.24) is 0 Å². The van der Waals surface area contributed by atoms with Crippen molar-refractivity contribution in [3.63, 3.8) is 0 Å². The monoisotopic (exact) mass is 540 g/mol. The van der Waals surface area contributed by atoms with Gasteiger partial charge in [0.2, 0.25) is 0 Å². The molecular formula is C29H24Cl3PS. The number of fused-ring (bicyclic) bond motifs is 1. The van der Waals surface area contributed by atoms with Crippen molar-refractivity contribution in [2.24, 2.45) is 0 Å². The van der Waals surface area contributed by atoms with Crippen LogP contribution in [-0.4, -0.2) is 11.4 Å². The summed E-state index contributed by atoms with van der Waals surface area (Å²) in [5.41, 5.74) is 1.37. The predicted octanol–water partition coefficient (Wildman–Crippen LogP) is 8.24. The van der Waals surface area contributed by atoms with Gasteiger partial charge in [-0.2, -0.15) is 0 Å². The first-order valence-corrected chi connectivity index (χ1v) is 16.0. The number of rotatable bonds is 4. The summed E-state index contributed by atoms with van der Waals surface area (Å²) in [7, 11) is 0. The summed E-state index contributed by atoms with van der Waals surface area (Å²) in [6, 6.07) is 37.3. The van der Waals surface area contributed by atoms with E-state index in [1.165, 1.54) is 34.3 Å². The van der Waals surface area contributed by atoms with Gasteiger partial charge in [-0.05, 0) is 0 Å². The van der Waals surface area contributed by atoms with E-state index in [0.717, 1.165) is 21.2 Å². The van der Waals surface area contributed by atoms with Crippen LogP contribution in [0.15, 0.2) is 103 Å². The van der Waals surface area contributed by atoms with Crippen molar-refractivity contribution in [3.05, 3.63) is 124 Å². The van der Waals surface area contributed by atoms with Gasteiger partial charge in [-0.3, -0.25) is 0 Å². The molecule has 0 amide bonds. The molecule has 2 unspecified atom stereocenters. The maximum atomic E-state index is 6.45. The zero-order valence-electron chi connectivity index (χ0n) is 18.5. The summed E-state index contributed by atoms with van der Waals surface area (Å²) in [5, 5.41) is 7.08. The fourth-order valence-electron chi connectivity index (χ4n) is 6.57. The third-order valence-corrected chi connectivity index (χ3v) is 19.4. The molecule has 2 heterocycles. The molecule has 0 spiro atoms. The molecule has 2 atom stereocenters. The molecule has 2 saturated heterocycles. The first-order chi connectivity index (χ1) is 16.5. The molecular weight excluding hydrogens is 518 g/mol. The van der Waals surface area contributed by atoms with Gasteiger partial charge >= 0.3 is 222 Å². The van der Waals surface area contributed by atoms with Crippen LogP contribution in [0.25, 0.3) is 0 Å². The minimum atomic E-state index is -3.08. The molecule has 0 bridgehead atoms. The Balaban J connectivity index is 1.82. The van der Waals surface area contributed by atoms with Crippen LogP contribution in [0.5, 0.6) is 0 Å². The average Bonchev–Trinajstić information content (AvgIpc) is 3.62. The second-order valence-corrected chi connectivity index (χ2v) is 17.6. The molecule has 5 heteroatoms. The topological polar surface area (TPSA) is 0 Å². The van der Waals surface area contributed by atoms with Crippen LogP contribution < -0.4 is 15.9 Å². The second kappa shape index (κ2) is 8.29. The van der Waals surface area contributed by atoms with Crippen LogP contribution in [-0.2, 0) is 4.49 Å². The van der Waals surface area contributed by atoms with Gasteiger partial charge in [0, 0.05) is 0 Å². The molecule has 172 valence electrons. The number of hydrogen-bond donors (Lipinski definition) is 0. The van der Waals surface area contributed by atoms with Gasteiger partial charge in [-0.25, -0.2) is 0 Å². The second-order valence-electron chi connectivity index (χ2n) is 9.27. The van der Waals surface area contributed by atoms with Crippen molar-refractivity contribution < 1.29 is 0 Å². The maximum absolute atomic E-state index is 6.45.